The molecule has 0 amide bonds. The van der Waals surface area contributed by atoms with Gasteiger partial charge in [-0.05, 0) is 25.1 Å². The van der Waals surface area contributed by atoms with Gasteiger partial charge in [0.1, 0.15) is 4.90 Å². The Morgan fingerprint density at radius 3 is 2.79 bits per heavy atom. The maximum atomic E-state index is 12.1. The van der Waals surface area contributed by atoms with E-state index >= 15 is 0 Å². The average molecular weight is 299 g/mol. The molecule has 98 valence electrons. The van der Waals surface area contributed by atoms with Crippen molar-refractivity contribution >= 4 is 27.6 Å². The van der Waals surface area contributed by atoms with Gasteiger partial charge in [0.2, 0.25) is 0 Å². The second-order valence-corrected chi connectivity index (χ2v) is 5.57. The SMILES string of the molecule is Cc1noc(NS(=O)(=O)c2cc(C#N)ccc2Cl)n1. The van der Waals surface area contributed by atoms with Crippen molar-refractivity contribution in [3.05, 3.63) is 34.6 Å². The number of hydrogen-bond donors (Lipinski definition) is 1. The van der Waals surface area contributed by atoms with Crippen LogP contribution < -0.4 is 4.72 Å². The van der Waals surface area contributed by atoms with E-state index in [0.29, 0.717) is 0 Å². The third-order valence-corrected chi connectivity index (χ3v) is 3.90. The van der Waals surface area contributed by atoms with Gasteiger partial charge in [-0.2, -0.15) is 10.2 Å². The molecule has 0 aliphatic heterocycles. The molecule has 0 spiro atoms. The highest BCUT2D eigenvalue weighted by Gasteiger charge is 2.21. The first-order chi connectivity index (χ1) is 8.92. The Morgan fingerprint density at radius 1 is 1.47 bits per heavy atom. The highest BCUT2D eigenvalue weighted by Crippen LogP contribution is 2.24. The molecule has 1 N–H and O–H groups in total. The number of nitrogens with one attached hydrogen (secondary N) is 1. The smallest absolute Gasteiger partial charge is 0.314 e. The van der Waals surface area contributed by atoms with E-state index in [1.54, 1.807) is 6.92 Å². The Bertz CT molecular complexity index is 763. The molecule has 0 bridgehead atoms. The zero-order valence-electron chi connectivity index (χ0n) is 9.58. The first-order valence-corrected chi connectivity index (χ1v) is 6.81. The lowest BCUT2D eigenvalue weighted by Crippen LogP contribution is -2.14. The van der Waals surface area contributed by atoms with Crippen LogP contribution in [0, 0.1) is 18.3 Å². The summed E-state index contributed by atoms with van der Waals surface area (Å²) < 4.78 is 30.9. The van der Waals surface area contributed by atoms with Crippen LogP contribution in [-0.4, -0.2) is 18.6 Å². The van der Waals surface area contributed by atoms with E-state index in [2.05, 4.69) is 19.4 Å². The predicted molar refractivity (Wildman–Crippen MR) is 66.0 cm³/mol. The van der Waals surface area contributed by atoms with E-state index in [9.17, 15) is 8.42 Å². The summed E-state index contributed by atoms with van der Waals surface area (Å²) in [6, 6.07) is 5.47. The van der Waals surface area contributed by atoms with Crippen LogP contribution in [-0.2, 0) is 10.0 Å². The van der Waals surface area contributed by atoms with Crippen LogP contribution in [0.1, 0.15) is 11.4 Å². The molecule has 1 aromatic heterocycles. The molecule has 0 atom stereocenters. The largest absolute Gasteiger partial charge is 0.335 e. The topological polar surface area (TPSA) is 109 Å². The predicted octanol–water partition coefficient (Wildman–Crippen LogP) is 1.70. The molecule has 0 aliphatic carbocycles. The van der Waals surface area contributed by atoms with Gasteiger partial charge in [-0.3, -0.25) is 0 Å². The first kappa shape index (κ1) is 13.3. The molecule has 0 fully saturated rings. The summed E-state index contributed by atoms with van der Waals surface area (Å²) in [4.78, 5) is 3.49. The van der Waals surface area contributed by atoms with Crippen molar-refractivity contribution in [1.82, 2.24) is 10.1 Å². The van der Waals surface area contributed by atoms with Gasteiger partial charge < -0.3 is 4.52 Å². The second kappa shape index (κ2) is 4.87. The number of anilines is 1. The van der Waals surface area contributed by atoms with Crippen molar-refractivity contribution in [1.29, 1.82) is 5.26 Å². The van der Waals surface area contributed by atoms with E-state index < -0.39 is 10.0 Å². The molecule has 0 unspecified atom stereocenters. The van der Waals surface area contributed by atoms with Crippen LogP contribution in [0.15, 0.2) is 27.6 Å². The van der Waals surface area contributed by atoms with E-state index in [4.69, 9.17) is 16.9 Å². The van der Waals surface area contributed by atoms with Gasteiger partial charge in [0.25, 0.3) is 10.0 Å². The average Bonchev–Trinajstić information content (AvgIpc) is 2.74. The lowest BCUT2D eigenvalue weighted by molar-refractivity contribution is 0.429. The van der Waals surface area contributed by atoms with Crippen molar-refractivity contribution in [3.8, 4) is 6.07 Å². The Morgan fingerprint density at radius 2 is 2.21 bits per heavy atom. The standard InChI is InChI=1S/C10H7ClN4O3S/c1-6-13-10(18-14-6)15-19(16,17)9-4-7(5-12)2-3-8(9)11/h2-4H,1H3,(H,13,14,15). The maximum absolute atomic E-state index is 12.1. The van der Waals surface area contributed by atoms with E-state index in [0.717, 1.165) is 6.07 Å². The second-order valence-electron chi connectivity index (χ2n) is 3.51. The van der Waals surface area contributed by atoms with Gasteiger partial charge in [-0.15, -0.1) is 0 Å². The minimum Gasteiger partial charge on any atom is -0.314 e. The number of nitrogens with zero attached hydrogens (tertiary/aromatic N) is 3. The fourth-order valence-corrected chi connectivity index (χ4v) is 2.74. The Balaban J connectivity index is 2.42. The maximum Gasteiger partial charge on any atom is 0.335 e. The molecule has 19 heavy (non-hydrogen) atoms. The number of aromatic nitrogens is 2. The summed E-state index contributed by atoms with van der Waals surface area (Å²) in [7, 11) is -3.99. The molecular weight excluding hydrogens is 292 g/mol. The van der Waals surface area contributed by atoms with Gasteiger partial charge in [0.15, 0.2) is 5.82 Å². The van der Waals surface area contributed by atoms with Crippen LogP contribution in [0.5, 0.6) is 0 Å². The highest BCUT2D eigenvalue weighted by atomic mass is 35.5. The van der Waals surface area contributed by atoms with Crippen LogP contribution in [0.3, 0.4) is 0 Å². The quantitative estimate of drug-likeness (QED) is 0.923. The summed E-state index contributed by atoms with van der Waals surface area (Å²) in [5.74, 6) is 0.287. The molecule has 1 heterocycles. The summed E-state index contributed by atoms with van der Waals surface area (Å²) in [5, 5.41) is 12.2. The fraction of sp³-hybridized carbons (Fsp3) is 0.100. The molecule has 0 saturated heterocycles. The number of rotatable bonds is 3. The Kier molecular flexibility index (Phi) is 3.42. The van der Waals surface area contributed by atoms with Gasteiger partial charge in [-0.1, -0.05) is 16.8 Å². The molecule has 7 nitrogen and oxygen atoms in total. The highest BCUT2D eigenvalue weighted by molar-refractivity contribution is 7.92. The lowest BCUT2D eigenvalue weighted by atomic mass is 10.2. The van der Waals surface area contributed by atoms with Gasteiger partial charge in [0, 0.05) is 0 Å². The number of hydrogen-bond acceptors (Lipinski definition) is 6. The van der Waals surface area contributed by atoms with Crippen molar-refractivity contribution < 1.29 is 12.9 Å². The summed E-state index contributed by atoms with van der Waals surface area (Å²) in [5.41, 5.74) is 0.173. The number of aryl methyl sites for hydroxylation is 1. The molecule has 0 saturated carbocycles. The van der Waals surface area contributed by atoms with Gasteiger partial charge in [-0.25, -0.2) is 13.1 Å². The van der Waals surface area contributed by atoms with Crippen LogP contribution in [0.2, 0.25) is 5.02 Å². The molecule has 2 rings (SSSR count). The third kappa shape index (κ3) is 2.83. The van der Waals surface area contributed by atoms with Crippen molar-refractivity contribution in [3.63, 3.8) is 0 Å². The monoisotopic (exact) mass is 298 g/mol. The van der Waals surface area contributed by atoms with E-state index in [1.165, 1.54) is 12.1 Å². The van der Waals surface area contributed by atoms with Gasteiger partial charge >= 0.3 is 6.01 Å². The number of benzene rings is 1. The molecular formula is C10H7ClN4O3S. The third-order valence-electron chi connectivity index (χ3n) is 2.10. The summed E-state index contributed by atoms with van der Waals surface area (Å²) in [6.07, 6.45) is 0. The molecule has 1 aromatic carbocycles. The van der Waals surface area contributed by atoms with Crippen molar-refractivity contribution in [2.75, 3.05) is 4.72 Å². The number of nitriles is 1. The first-order valence-electron chi connectivity index (χ1n) is 4.95. The zero-order valence-corrected chi connectivity index (χ0v) is 11.2. The van der Waals surface area contributed by atoms with E-state index in [-0.39, 0.29) is 27.3 Å². The van der Waals surface area contributed by atoms with Crippen LogP contribution in [0.4, 0.5) is 6.01 Å². The Hall–Kier alpha value is -2.11. The molecule has 2 aromatic rings. The molecule has 9 heteroatoms. The number of sulfonamides is 1. The molecule has 0 aliphatic rings. The molecule has 0 radical (unpaired) electrons. The van der Waals surface area contributed by atoms with Crippen LogP contribution >= 0.6 is 11.6 Å². The lowest BCUT2D eigenvalue weighted by Gasteiger charge is -2.06. The fourth-order valence-electron chi connectivity index (χ4n) is 1.29. The van der Waals surface area contributed by atoms with Gasteiger partial charge in [0.05, 0.1) is 16.7 Å². The van der Waals surface area contributed by atoms with Crippen molar-refractivity contribution in [2.45, 2.75) is 11.8 Å². The summed E-state index contributed by atoms with van der Waals surface area (Å²) in [6.45, 7) is 1.55. The minimum absolute atomic E-state index is 0.0114. The normalized spacial score (nSPS) is 11.0. The summed E-state index contributed by atoms with van der Waals surface area (Å²) >= 11 is 5.81. The van der Waals surface area contributed by atoms with Crippen molar-refractivity contribution in [2.24, 2.45) is 0 Å². The van der Waals surface area contributed by atoms with Crippen LogP contribution in [0.25, 0.3) is 0 Å². The zero-order chi connectivity index (χ0) is 14.0. The Labute approximate surface area is 113 Å². The minimum atomic E-state index is -3.99. The number of halogens is 1. The van der Waals surface area contributed by atoms with E-state index in [1.807, 2.05) is 6.07 Å².